The van der Waals surface area contributed by atoms with Crippen molar-refractivity contribution in [3.8, 4) is 0 Å². The van der Waals surface area contributed by atoms with Gasteiger partial charge in [0, 0.05) is 5.56 Å². The summed E-state index contributed by atoms with van der Waals surface area (Å²) in [6.07, 6.45) is 0. The number of amides is 1. The third-order valence-electron chi connectivity index (χ3n) is 3.05. The number of hydrogen-bond acceptors (Lipinski definition) is 2. The number of aryl methyl sites for hydroxylation is 1. The maximum Gasteiger partial charge on any atom is 0.271 e. The fourth-order valence-corrected chi connectivity index (χ4v) is 2.11. The van der Waals surface area contributed by atoms with Crippen molar-refractivity contribution < 1.29 is 4.79 Å². The molecule has 2 rings (SSSR count). The molecule has 0 aromatic heterocycles. The van der Waals surface area contributed by atoms with E-state index in [1.54, 1.807) is 31.2 Å². The zero-order valence-corrected chi connectivity index (χ0v) is 13.2. The first kappa shape index (κ1) is 15.5. The van der Waals surface area contributed by atoms with Gasteiger partial charge in [0.25, 0.3) is 5.91 Å². The van der Waals surface area contributed by atoms with Gasteiger partial charge in [0.2, 0.25) is 0 Å². The molecule has 0 aliphatic carbocycles. The highest BCUT2D eigenvalue weighted by Gasteiger charge is 2.08. The van der Waals surface area contributed by atoms with Crippen molar-refractivity contribution in [1.29, 1.82) is 0 Å². The van der Waals surface area contributed by atoms with Crippen molar-refractivity contribution in [2.45, 2.75) is 13.8 Å². The number of carbonyl (C=O) groups is 1. The van der Waals surface area contributed by atoms with Crippen molar-refractivity contribution in [1.82, 2.24) is 5.43 Å². The van der Waals surface area contributed by atoms with Crippen LogP contribution in [0.15, 0.2) is 47.6 Å². The molecule has 5 heteroatoms. The van der Waals surface area contributed by atoms with Crippen LogP contribution in [-0.2, 0) is 0 Å². The highest BCUT2D eigenvalue weighted by Crippen LogP contribution is 2.22. The second kappa shape index (κ2) is 6.74. The molecule has 2 aromatic rings. The molecule has 0 saturated heterocycles. The molecule has 2 aromatic carbocycles. The maximum absolute atomic E-state index is 12.1. The van der Waals surface area contributed by atoms with Gasteiger partial charge in [-0.05, 0) is 43.2 Å². The molecular formula is C16H14Cl2N2O. The Bertz CT molecular complexity index is 711. The minimum atomic E-state index is -0.243. The minimum Gasteiger partial charge on any atom is -0.267 e. The second-order valence-electron chi connectivity index (χ2n) is 4.58. The Hall–Kier alpha value is -1.84. The van der Waals surface area contributed by atoms with Crippen LogP contribution in [0.3, 0.4) is 0 Å². The lowest BCUT2D eigenvalue weighted by atomic mass is 10.1. The van der Waals surface area contributed by atoms with E-state index in [9.17, 15) is 4.79 Å². The van der Waals surface area contributed by atoms with Crippen LogP contribution < -0.4 is 5.43 Å². The molecular weight excluding hydrogens is 307 g/mol. The average Bonchev–Trinajstić information content (AvgIpc) is 2.47. The van der Waals surface area contributed by atoms with Crippen LogP contribution in [0.25, 0.3) is 0 Å². The molecule has 0 bridgehead atoms. The van der Waals surface area contributed by atoms with Crippen LogP contribution in [0.4, 0.5) is 0 Å². The van der Waals surface area contributed by atoms with Crippen LogP contribution in [0.1, 0.15) is 28.4 Å². The van der Waals surface area contributed by atoms with Gasteiger partial charge < -0.3 is 0 Å². The lowest BCUT2D eigenvalue weighted by Gasteiger charge is -2.06. The summed E-state index contributed by atoms with van der Waals surface area (Å²) < 4.78 is 0. The molecule has 0 saturated carbocycles. The van der Waals surface area contributed by atoms with Crippen LogP contribution in [-0.4, -0.2) is 11.6 Å². The first-order chi connectivity index (χ1) is 9.99. The number of halogens is 2. The van der Waals surface area contributed by atoms with Gasteiger partial charge in [0.05, 0.1) is 15.8 Å². The van der Waals surface area contributed by atoms with Crippen LogP contribution in [0.5, 0.6) is 0 Å². The predicted molar refractivity (Wildman–Crippen MR) is 87.3 cm³/mol. The fourth-order valence-electron chi connectivity index (χ4n) is 1.81. The van der Waals surface area contributed by atoms with E-state index in [-0.39, 0.29) is 5.91 Å². The molecule has 21 heavy (non-hydrogen) atoms. The van der Waals surface area contributed by atoms with Gasteiger partial charge >= 0.3 is 0 Å². The maximum atomic E-state index is 12.1. The summed E-state index contributed by atoms with van der Waals surface area (Å²) in [6, 6.07) is 12.5. The molecule has 0 atom stereocenters. The summed E-state index contributed by atoms with van der Waals surface area (Å²) in [6.45, 7) is 3.67. The Labute approximate surface area is 133 Å². The number of nitrogens with zero attached hydrogens (tertiary/aromatic N) is 1. The van der Waals surface area contributed by atoms with Gasteiger partial charge in [-0.3, -0.25) is 4.79 Å². The molecule has 0 aliphatic heterocycles. The van der Waals surface area contributed by atoms with Crippen LogP contribution >= 0.6 is 23.2 Å². The molecule has 0 radical (unpaired) electrons. The number of rotatable bonds is 3. The summed E-state index contributed by atoms with van der Waals surface area (Å²) in [7, 11) is 0. The van der Waals surface area contributed by atoms with Crippen LogP contribution in [0, 0.1) is 6.92 Å². The van der Waals surface area contributed by atoms with Crippen molar-refractivity contribution in [2.24, 2.45) is 5.10 Å². The molecule has 0 heterocycles. The Morgan fingerprint density at radius 1 is 1.10 bits per heavy atom. The first-order valence-corrected chi connectivity index (χ1v) is 7.10. The molecule has 1 N–H and O–H groups in total. The van der Waals surface area contributed by atoms with E-state index >= 15 is 0 Å². The minimum absolute atomic E-state index is 0.243. The van der Waals surface area contributed by atoms with Crippen molar-refractivity contribution in [2.75, 3.05) is 0 Å². The summed E-state index contributed by atoms with van der Waals surface area (Å²) in [4.78, 5) is 12.1. The highest BCUT2D eigenvalue weighted by molar-refractivity contribution is 6.42. The van der Waals surface area contributed by atoms with Crippen molar-refractivity contribution in [3.63, 3.8) is 0 Å². The quantitative estimate of drug-likeness (QED) is 0.658. The van der Waals surface area contributed by atoms with Gasteiger partial charge in [-0.1, -0.05) is 47.5 Å². The highest BCUT2D eigenvalue weighted by atomic mass is 35.5. The topological polar surface area (TPSA) is 41.5 Å². The third kappa shape index (κ3) is 3.84. The monoisotopic (exact) mass is 320 g/mol. The van der Waals surface area contributed by atoms with E-state index < -0.39 is 0 Å². The Kier molecular flexibility index (Phi) is 4.99. The van der Waals surface area contributed by atoms with Crippen molar-refractivity contribution >= 4 is 34.8 Å². The molecule has 0 spiro atoms. The standard InChI is InChI=1S/C16H14Cl2N2O/c1-10-5-3-4-6-13(10)16(21)20-19-11(2)12-7-8-14(17)15(18)9-12/h3-9H,1-2H3,(H,20,21). The van der Waals surface area contributed by atoms with E-state index in [1.165, 1.54) is 0 Å². The molecule has 108 valence electrons. The number of benzene rings is 2. The SMILES string of the molecule is CC(=NNC(=O)c1ccccc1C)c1ccc(Cl)c(Cl)c1. The van der Waals surface area contributed by atoms with Gasteiger partial charge in [-0.2, -0.15) is 5.10 Å². The van der Waals surface area contributed by atoms with Gasteiger partial charge in [-0.15, -0.1) is 0 Å². The summed E-state index contributed by atoms with van der Waals surface area (Å²) in [5.74, 6) is -0.243. The summed E-state index contributed by atoms with van der Waals surface area (Å²) >= 11 is 11.8. The van der Waals surface area contributed by atoms with E-state index in [0.29, 0.717) is 21.3 Å². The Morgan fingerprint density at radius 2 is 1.81 bits per heavy atom. The number of hydrazone groups is 1. The van der Waals surface area contributed by atoms with E-state index in [1.807, 2.05) is 25.1 Å². The van der Waals surface area contributed by atoms with Crippen molar-refractivity contribution in [3.05, 3.63) is 69.2 Å². The number of carbonyl (C=O) groups excluding carboxylic acids is 1. The molecule has 0 aliphatic rings. The van der Waals surface area contributed by atoms with E-state index in [4.69, 9.17) is 23.2 Å². The molecule has 3 nitrogen and oxygen atoms in total. The normalized spacial score (nSPS) is 11.3. The van der Waals surface area contributed by atoms with Gasteiger partial charge in [0.1, 0.15) is 0 Å². The Morgan fingerprint density at radius 3 is 2.48 bits per heavy atom. The number of nitrogens with one attached hydrogen (secondary N) is 1. The smallest absolute Gasteiger partial charge is 0.267 e. The third-order valence-corrected chi connectivity index (χ3v) is 3.79. The fraction of sp³-hybridized carbons (Fsp3) is 0.125. The summed E-state index contributed by atoms with van der Waals surface area (Å²) in [5.41, 5.74) is 5.49. The van der Waals surface area contributed by atoms with Gasteiger partial charge in [-0.25, -0.2) is 5.43 Å². The second-order valence-corrected chi connectivity index (χ2v) is 5.40. The lowest BCUT2D eigenvalue weighted by Crippen LogP contribution is -2.20. The van der Waals surface area contributed by atoms with E-state index in [2.05, 4.69) is 10.5 Å². The largest absolute Gasteiger partial charge is 0.271 e. The molecule has 1 amide bonds. The zero-order valence-electron chi connectivity index (χ0n) is 11.7. The Balaban J connectivity index is 2.15. The first-order valence-electron chi connectivity index (χ1n) is 6.34. The molecule has 0 fully saturated rings. The number of hydrogen-bond donors (Lipinski definition) is 1. The van der Waals surface area contributed by atoms with E-state index in [0.717, 1.165) is 11.1 Å². The van der Waals surface area contributed by atoms with Gasteiger partial charge in [0.15, 0.2) is 0 Å². The predicted octanol–water partition coefficient (Wildman–Crippen LogP) is 4.46. The average molecular weight is 321 g/mol. The summed E-state index contributed by atoms with van der Waals surface area (Å²) in [5, 5.41) is 5.03. The van der Waals surface area contributed by atoms with Crippen LogP contribution in [0.2, 0.25) is 10.0 Å². The zero-order chi connectivity index (χ0) is 15.4. The lowest BCUT2D eigenvalue weighted by molar-refractivity contribution is 0.0954. The molecule has 0 unspecified atom stereocenters.